The monoisotopic (exact) mass is 372 g/mol. The highest BCUT2D eigenvalue weighted by atomic mass is 35.5. The van der Waals surface area contributed by atoms with E-state index in [4.69, 9.17) is 16.1 Å². The number of benzene rings is 1. The topological polar surface area (TPSA) is 118 Å². The van der Waals surface area contributed by atoms with E-state index in [-0.39, 0.29) is 22.7 Å². The summed E-state index contributed by atoms with van der Waals surface area (Å²) in [5, 5.41) is 16.6. The number of carboxylic acid groups (broad SMARTS) is 1. The lowest BCUT2D eigenvalue weighted by Gasteiger charge is -2.11. The van der Waals surface area contributed by atoms with Crippen LogP contribution in [0.1, 0.15) is 39.6 Å². The fourth-order valence-electron chi connectivity index (χ4n) is 2.36. The van der Waals surface area contributed by atoms with Gasteiger partial charge < -0.3 is 14.9 Å². The molecule has 26 heavy (non-hydrogen) atoms. The van der Waals surface area contributed by atoms with Crippen molar-refractivity contribution >= 4 is 23.5 Å². The zero-order chi connectivity index (χ0) is 18.7. The van der Waals surface area contributed by atoms with Crippen molar-refractivity contribution in [3.05, 3.63) is 64.9 Å². The number of aromatic nitrogens is 3. The molecule has 8 nitrogen and oxygen atoms in total. The molecule has 1 aromatic carbocycles. The first-order chi connectivity index (χ1) is 12.5. The molecule has 0 saturated heterocycles. The molecule has 2 N–H and O–H groups in total. The van der Waals surface area contributed by atoms with Crippen LogP contribution in [0, 0.1) is 0 Å². The van der Waals surface area contributed by atoms with Crippen LogP contribution in [0.4, 0.5) is 0 Å². The molecule has 9 heteroatoms. The van der Waals surface area contributed by atoms with Crippen molar-refractivity contribution in [3.8, 4) is 11.3 Å². The number of hydrogen-bond acceptors (Lipinski definition) is 6. The van der Waals surface area contributed by atoms with Crippen molar-refractivity contribution in [2.24, 2.45) is 0 Å². The largest absolute Gasteiger partial charge is 0.477 e. The third-order valence-corrected chi connectivity index (χ3v) is 3.84. The number of nitrogens with one attached hydrogen (secondary N) is 1. The average Bonchev–Trinajstić information content (AvgIpc) is 3.08. The van der Waals surface area contributed by atoms with Crippen molar-refractivity contribution in [1.82, 2.24) is 20.4 Å². The molecule has 0 aliphatic rings. The van der Waals surface area contributed by atoms with Gasteiger partial charge in [-0.2, -0.15) is 0 Å². The zero-order valence-corrected chi connectivity index (χ0v) is 14.3. The van der Waals surface area contributed by atoms with E-state index in [1.54, 1.807) is 31.2 Å². The van der Waals surface area contributed by atoms with Gasteiger partial charge in [0.15, 0.2) is 5.76 Å². The van der Waals surface area contributed by atoms with E-state index in [0.29, 0.717) is 10.6 Å². The second-order valence-electron chi connectivity index (χ2n) is 5.37. The first-order valence-corrected chi connectivity index (χ1v) is 7.91. The zero-order valence-electron chi connectivity index (χ0n) is 13.5. The maximum atomic E-state index is 12.2. The van der Waals surface area contributed by atoms with Gasteiger partial charge in [0.25, 0.3) is 5.91 Å². The Kier molecular flexibility index (Phi) is 4.94. The number of halogens is 1. The smallest absolute Gasteiger partial charge is 0.341 e. The summed E-state index contributed by atoms with van der Waals surface area (Å²) in [5.41, 5.74) is 0.673. The number of carboxylic acids is 1. The Hall–Kier alpha value is -3.26. The number of nitrogens with zero attached hydrogens (tertiary/aromatic N) is 3. The first-order valence-electron chi connectivity index (χ1n) is 7.53. The van der Waals surface area contributed by atoms with Crippen molar-refractivity contribution in [3.63, 3.8) is 0 Å². The van der Waals surface area contributed by atoms with E-state index in [9.17, 15) is 14.7 Å². The number of aromatic carboxylic acids is 1. The third-order valence-electron chi connectivity index (χ3n) is 3.59. The summed E-state index contributed by atoms with van der Waals surface area (Å²) < 4.78 is 5.23. The van der Waals surface area contributed by atoms with Crippen LogP contribution in [0.15, 0.2) is 47.4 Å². The second-order valence-corrected chi connectivity index (χ2v) is 5.80. The van der Waals surface area contributed by atoms with Crippen molar-refractivity contribution in [2.75, 3.05) is 0 Å². The van der Waals surface area contributed by atoms with Gasteiger partial charge in [-0.05, 0) is 19.1 Å². The van der Waals surface area contributed by atoms with E-state index >= 15 is 0 Å². The van der Waals surface area contributed by atoms with E-state index in [2.05, 4.69) is 20.4 Å². The van der Waals surface area contributed by atoms with Gasteiger partial charge in [0.05, 0.1) is 12.2 Å². The highest BCUT2D eigenvalue weighted by Gasteiger charge is 2.28. The maximum Gasteiger partial charge on any atom is 0.341 e. The van der Waals surface area contributed by atoms with Crippen LogP contribution in [0.3, 0.4) is 0 Å². The minimum absolute atomic E-state index is 0.0275. The number of carbonyl (C=O) groups is 2. The summed E-state index contributed by atoms with van der Waals surface area (Å²) >= 11 is 5.85. The first kappa shape index (κ1) is 17.6. The van der Waals surface area contributed by atoms with Crippen LogP contribution in [-0.2, 0) is 0 Å². The maximum absolute atomic E-state index is 12.2. The summed E-state index contributed by atoms with van der Waals surface area (Å²) in [4.78, 5) is 31.6. The molecule has 2 heterocycles. The molecule has 0 saturated carbocycles. The molecule has 3 aromatic rings. The number of hydrogen-bond donors (Lipinski definition) is 2. The normalized spacial score (nSPS) is 11.8. The lowest BCUT2D eigenvalue weighted by atomic mass is 10.0. The van der Waals surface area contributed by atoms with E-state index < -0.39 is 17.9 Å². The Balaban J connectivity index is 1.91. The van der Waals surface area contributed by atoms with Crippen LogP contribution in [0.2, 0.25) is 5.02 Å². The second kappa shape index (κ2) is 7.32. The molecule has 0 bridgehead atoms. The van der Waals surface area contributed by atoms with Gasteiger partial charge in [0.2, 0.25) is 0 Å². The highest BCUT2D eigenvalue weighted by molar-refractivity contribution is 6.30. The molecule has 3 rings (SSSR count). The summed E-state index contributed by atoms with van der Waals surface area (Å²) in [6.07, 6.45) is 4.13. The van der Waals surface area contributed by atoms with Gasteiger partial charge in [-0.1, -0.05) is 28.9 Å². The number of carbonyl (C=O) groups excluding carboxylic acids is 1. The molecule has 1 amide bonds. The predicted molar refractivity (Wildman–Crippen MR) is 91.8 cm³/mol. The Morgan fingerprint density at radius 3 is 2.58 bits per heavy atom. The Morgan fingerprint density at radius 1 is 1.23 bits per heavy atom. The van der Waals surface area contributed by atoms with Crippen LogP contribution in [0.5, 0.6) is 0 Å². The van der Waals surface area contributed by atoms with Gasteiger partial charge in [-0.15, -0.1) is 0 Å². The molecule has 0 radical (unpaired) electrons. The van der Waals surface area contributed by atoms with E-state index in [1.807, 2.05) is 0 Å². The average molecular weight is 373 g/mol. The van der Waals surface area contributed by atoms with E-state index in [0.717, 1.165) is 0 Å². The third kappa shape index (κ3) is 3.55. The summed E-state index contributed by atoms with van der Waals surface area (Å²) in [5.74, 6) is -1.70. The summed E-state index contributed by atoms with van der Waals surface area (Å²) in [6.45, 7) is 1.59. The standard InChI is InChI=1S/C17H13ClN4O4/c1-9(21-16(23)12-8-19-6-7-20-12)15-13(17(24)25)14(22-26-15)10-2-4-11(18)5-3-10/h2-9H,1H3,(H,21,23)(H,24,25). The van der Waals surface area contributed by atoms with Gasteiger partial charge in [0.1, 0.15) is 17.0 Å². The Labute approximate surface area is 152 Å². The summed E-state index contributed by atoms with van der Waals surface area (Å²) in [6, 6.07) is 5.77. The minimum atomic E-state index is -1.22. The SMILES string of the molecule is CC(NC(=O)c1cnccn1)c1onc(-c2ccc(Cl)cc2)c1C(=O)O. The fourth-order valence-corrected chi connectivity index (χ4v) is 2.49. The highest BCUT2D eigenvalue weighted by Crippen LogP contribution is 2.30. The molecular weight excluding hydrogens is 360 g/mol. The van der Waals surface area contributed by atoms with Crippen LogP contribution in [-0.4, -0.2) is 32.1 Å². The van der Waals surface area contributed by atoms with Gasteiger partial charge >= 0.3 is 5.97 Å². The van der Waals surface area contributed by atoms with Crippen LogP contribution in [0.25, 0.3) is 11.3 Å². The van der Waals surface area contributed by atoms with Gasteiger partial charge in [-0.25, -0.2) is 9.78 Å². The molecule has 1 atom stereocenters. The quantitative estimate of drug-likeness (QED) is 0.706. The van der Waals surface area contributed by atoms with Gasteiger partial charge in [0, 0.05) is 23.0 Å². The van der Waals surface area contributed by atoms with Gasteiger partial charge in [-0.3, -0.25) is 9.78 Å². The molecule has 132 valence electrons. The molecule has 0 aliphatic heterocycles. The molecule has 0 fully saturated rings. The molecule has 0 aliphatic carbocycles. The number of amides is 1. The van der Waals surface area contributed by atoms with Crippen molar-refractivity contribution in [1.29, 1.82) is 0 Å². The Bertz CT molecular complexity index is 941. The molecule has 1 unspecified atom stereocenters. The number of rotatable bonds is 5. The van der Waals surface area contributed by atoms with E-state index in [1.165, 1.54) is 18.6 Å². The Morgan fingerprint density at radius 2 is 1.96 bits per heavy atom. The minimum Gasteiger partial charge on any atom is -0.477 e. The van der Waals surface area contributed by atoms with Crippen molar-refractivity contribution in [2.45, 2.75) is 13.0 Å². The summed E-state index contributed by atoms with van der Waals surface area (Å²) in [7, 11) is 0. The molecule has 0 spiro atoms. The molecular formula is C17H13ClN4O4. The fraction of sp³-hybridized carbons (Fsp3) is 0.118. The van der Waals surface area contributed by atoms with Crippen LogP contribution >= 0.6 is 11.6 Å². The lowest BCUT2D eigenvalue weighted by Crippen LogP contribution is -2.28. The van der Waals surface area contributed by atoms with Crippen molar-refractivity contribution < 1.29 is 19.2 Å². The molecule has 2 aromatic heterocycles. The van der Waals surface area contributed by atoms with Crippen LogP contribution < -0.4 is 5.32 Å². The predicted octanol–water partition coefficient (Wildman–Crippen LogP) is 2.97. The lowest BCUT2D eigenvalue weighted by molar-refractivity contribution is 0.0692.